The predicted octanol–water partition coefficient (Wildman–Crippen LogP) is -0.514. The van der Waals surface area contributed by atoms with E-state index in [2.05, 4.69) is 10.3 Å². The van der Waals surface area contributed by atoms with Gasteiger partial charge >= 0.3 is 0 Å². The molecule has 1 fully saturated rings. The predicted molar refractivity (Wildman–Crippen MR) is 59.0 cm³/mol. The normalized spacial score (nSPS) is 24.4. The number of pyridine rings is 1. The number of aromatic nitrogens is 1. The number of nitrogens with zero attached hydrogens (tertiary/aromatic N) is 2. The molecule has 1 saturated heterocycles. The average molecular weight is 221 g/mol. The second-order valence-electron chi connectivity index (χ2n) is 3.95. The molecule has 1 aromatic heterocycles. The van der Waals surface area contributed by atoms with Crippen molar-refractivity contribution >= 4 is 5.91 Å². The lowest BCUT2D eigenvalue weighted by Gasteiger charge is -2.26. The van der Waals surface area contributed by atoms with Gasteiger partial charge in [0.15, 0.2) is 0 Å². The number of aliphatic hydroxyl groups excluding tert-OH is 1. The Morgan fingerprint density at radius 2 is 2.44 bits per heavy atom. The van der Waals surface area contributed by atoms with Crippen molar-refractivity contribution in [1.82, 2.24) is 15.2 Å². The Hall–Kier alpha value is -1.46. The van der Waals surface area contributed by atoms with Crippen LogP contribution in [0.4, 0.5) is 0 Å². The van der Waals surface area contributed by atoms with Crippen LogP contribution in [0.25, 0.3) is 0 Å². The van der Waals surface area contributed by atoms with Gasteiger partial charge in [0.05, 0.1) is 17.7 Å². The van der Waals surface area contributed by atoms with E-state index in [1.165, 1.54) is 6.20 Å². The first-order chi connectivity index (χ1) is 7.70. The Labute approximate surface area is 94.1 Å². The SMILES string of the molecule is CN(C(=O)c1cccnc1)[C@@H]1CNC[C@H]1O. The monoisotopic (exact) mass is 221 g/mol. The Balaban J connectivity index is 2.10. The van der Waals surface area contributed by atoms with Crippen LogP contribution >= 0.6 is 0 Å². The number of nitrogens with one attached hydrogen (secondary N) is 1. The molecule has 5 nitrogen and oxygen atoms in total. The molecule has 2 atom stereocenters. The minimum Gasteiger partial charge on any atom is -0.390 e. The Bertz CT molecular complexity index is 369. The molecule has 86 valence electrons. The van der Waals surface area contributed by atoms with Gasteiger partial charge in [0.2, 0.25) is 0 Å². The number of rotatable bonds is 2. The van der Waals surface area contributed by atoms with E-state index in [4.69, 9.17) is 0 Å². The molecule has 0 unspecified atom stereocenters. The Morgan fingerprint density at radius 1 is 1.62 bits per heavy atom. The third kappa shape index (κ3) is 2.05. The molecule has 0 aliphatic carbocycles. The molecule has 0 spiro atoms. The molecule has 2 N–H and O–H groups in total. The van der Waals surface area contributed by atoms with Crippen LogP contribution in [0.2, 0.25) is 0 Å². The van der Waals surface area contributed by atoms with E-state index >= 15 is 0 Å². The first kappa shape index (κ1) is 11.0. The average Bonchev–Trinajstić information content (AvgIpc) is 2.75. The summed E-state index contributed by atoms with van der Waals surface area (Å²) in [5.41, 5.74) is 0.545. The third-order valence-corrected chi connectivity index (χ3v) is 2.88. The summed E-state index contributed by atoms with van der Waals surface area (Å²) in [6.07, 6.45) is 2.67. The van der Waals surface area contributed by atoms with Gasteiger partial charge in [0.25, 0.3) is 5.91 Å². The van der Waals surface area contributed by atoms with E-state index in [-0.39, 0.29) is 11.9 Å². The number of amides is 1. The fourth-order valence-electron chi connectivity index (χ4n) is 1.89. The van der Waals surface area contributed by atoms with Crippen LogP contribution in [-0.4, -0.2) is 53.2 Å². The molecule has 0 aromatic carbocycles. The fraction of sp³-hybridized carbons (Fsp3) is 0.455. The number of carbonyl (C=O) groups is 1. The standard InChI is InChI=1S/C11H15N3O2/c1-14(9-6-13-7-10(9)15)11(16)8-3-2-4-12-5-8/h2-5,9-10,13,15H,6-7H2,1H3/t9-,10-/m1/s1. The lowest BCUT2D eigenvalue weighted by Crippen LogP contribution is -2.44. The molecule has 1 aliphatic rings. The summed E-state index contributed by atoms with van der Waals surface area (Å²) in [4.78, 5) is 17.5. The summed E-state index contributed by atoms with van der Waals surface area (Å²) < 4.78 is 0. The topological polar surface area (TPSA) is 65.5 Å². The molecule has 0 saturated carbocycles. The highest BCUT2D eigenvalue weighted by atomic mass is 16.3. The molecule has 1 aromatic rings. The maximum atomic E-state index is 12.0. The number of aliphatic hydroxyl groups is 1. The van der Waals surface area contributed by atoms with Gasteiger partial charge in [-0.25, -0.2) is 0 Å². The maximum Gasteiger partial charge on any atom is 0.255 e. The van der Waals surface area contributed by atoms with Gasteiger partial charge in [-0.3, -0.25) is 9.78 Å². The summed E-state index contributed by atoms with van der Waals surface area (Å²) in [5, 5.41) is 12.7. The van der Waals surface area contributed by atoms with Gasteiger partial charge in [0, 0.05) is 32.5 Å². The van der Waals surface area contributed by atoms with Crippen molar-refractivity contribution in [3.05, 3.63) is 30.1 Å². The largest absolute Gasteiger partial charge is 0.390 e. The molecule has 2 rings (SSSR count). The molecule has 0 bridgehead atoms. The minimum absolute atomic E-state index is 0.110. The molecule has 1 amide bonds. The number of likely N-dealkylation sites (N-methyl/N-ethyl adjacent to an activating group) is 1. The second-order valence-corrected chi connectivity index (χ2v) is 3.95. The summed E-state index contributed by atoms with van der Waals surface area (Å²) in [5.74, 6) is -0.110. The minimum atomic E-state index is -0.495. The summed E-state index contributed by atoms with van der Waals surface area (Å²) in [6, 6.07) is 3.29. The van der Waals surface area contributed by atoms with E-state index in [1.54, 1.807) is 30.3 Å². The van der Waals surface area contributed by atoms with Crippen molar-refractivity contribution in [2.75, 3.05) is 20.1 Å². The van der Waals surface area contributed by atoms with Crippen molar-refractivity contribution < 1.29 is 9.90 Å². The number of carbonyl (C=O) groups excluding carboxylic acids is 1. The highest BCUT2D eigenvalue weighted by molar-refractivity contribution is 5.94. The number of β-amino-alcohol motifs (C(OH)–C–C–N with tert-alkyl or cyclic N) is 1. The van der Waals surface area contributed by atoms with Gasteiger partial charge in [-0.05, 0) is 12.1 Å². The fourth-order valence-corrected chi connectivity index (χ4v) is 1.89. The zero-order valence-electron chi connectivity index (χ0n) is 9.13. The van der Waals surface area contributed by atoms with Crippen molar-refractivity contribution in [2.24, 2.45) is 0 Å². The second kappa shape index (κ2) is 4.59. The van der Waals surface area contributed by atoms with Crippen molar-refractivity contribution in [3.63, 3.8) is 0 Å². The zero-order valence-corrected chi connectivity index (χ0v) is 9.13. The highest BCUT2D eigenvalue weighted by Gasteiger charge is 2.31. The van der Waals surface area contributed by atoms with Gasteiger partial charge in [-0.15, -0.1) is 0 Å². The lowest BCUT2D eigenvalue weighted by atomic mass is 10.1. The highest BCUT2D eigenvalue weighted by Crippen LogP contribution is 2.11. The van der Waals surface area contributed by atoms with E-state index in [0.717, 1.165) is 0 Å². The van der Waals surface area contributed by atoms with Crippen molar-refractivity contribution in [3.8, 4) is 0 Å². The summed E-state index contributed by atoms with van der Waals surface area (Å²) in [7, 11) is 1.70. The van der Waals surface area contributed by atoms with Gasteiger partial charge in [0.1, 0.15) is 0 Å². The molecule has 5 heteroatoms. The van der Waals surface area contributed by atoms with Crippen LogP contribution < -0.4 is 5.32 Å². The van der Waals surface area contributed by atoms with Crippen LogP contribution in [0.1, 0.15) is 10.4 Å². The lowest BCUT2D eigenvalue weighted by molar-refractivity contribution is 0.0581. The molecule has 16 heavy (non-hydrogen) atoms. The van der Waals surface area contributed by atoms with Crippen LogP contribution in [0.3, 0.4) is 0 Å². The quantitative estimate of drug-likeness (QED) is 0.705. The summed E-state index contributed by atoms with van der Waals surface area (Å²) >= 11 is 0. The Kier molecular flexibility index (Phi) is 3.17. The third-order valence-electron chi connectivity index (χ3n) is 2.88. The molecular weight excluding hydrogens is 206 g/mol. The van der Waals surface area contributed by atoms with Crippen LogP contribution in [0.5, 0.6) is 0 Å². The smallest absolute Gasteiger partial charge is 0.255 e. The van der Waals surface area contributed by atoms with Crippen LogP contribution in [0, 0.1) is 0 Å². The first-order valence-corrected chi connectivity index (χ1v) is 5.26. The van der Waals surface area contributed by atoms with E-state index in [0.29, 0.717) is 18.7 Å². The van der Waals surface area contributed by atoms with Gasteiger partial charge in [-0.1, -0.05) is 0 Å². The van der Waals surface area contributed by atoms with E-state index in [9.17, 15) is 9.90 Å². The van der Waals surface area contributed by atoms with Crippen molar-refractivity contribution in [2.45, 2.75) is 12.1 Å². The number of hydrogen-bond donors (Lipinski definition) is 2. The Morgan fingerprint density at radius 3 is 3.00 bits per heavy atom. The number of hydrogen-bond acceptors (Lipinski definition) is 4. The molecule has 2 heterocycles. The molecule has 1 aliphatic heterocycles. The zero-order chi connectivity index (χ0) is 11.5. The van der Waals surface area contributed by atoms with Gasteiger partial charge in [-0.2, -0.15) is 0 Å². The summed E-state index contributed by atoms with van der Waals surface area (Å²) in [6.45, 7) is 1.17. The van der Waals surface area contributed by atoms with E-state index in [1.807, 2.05) is 0 Å². The maximum absolute atomic E-state index is 12.0. The van der Waals surface area contributed by atoms with Gasteiger partial charge < -0.3 is 15.3 Å². The van der Waals surface area contributed by atoms with Crippen LogP contribution in [0.15, 0.2) is 24.5 Å². The molecular formula is C11H15N3O2. The molecule has 0 radical (unpaired) electrons. The van der Waals surface area contributed by atoms with E-state index < -0.39 is 6.10 Å². The van der Waals surface area contributed by atoms with Crippen LogP contribution in [-0.2, 0) is 0 Å². The van der Waals surface area contributed by atoms with Crippen molar-refractivity contribution in [1.29, 1.82) is 0 Å². The first-order valence-electron chi connectivity index (χ1n) is 5.26.